The fraction of sp³-hybridized carbons (Fsp3) is 0.409. The fourth-order valence-corrected chi connectivity index (χ4v) is 3.88. The summed E-state index contributed by atoms with van der Waals surface area (Å²) in [7, 11) is 0. The molecule has 0 aliphatic carbocycles. The van der Waals surface area contributed by atoms with E-state index in [0.29, 0.717) is 30.3 Å². The van der Waals surface area contributed by atoms with E-state index in [-0.39, 0.29) is 23.8 Å². The second-order valence-corrected chi connectivity index (χ2v) is 7.74. The first kappa shape index (κ1) is 19.4. The minimum absolute atomic E-state index is 0.0502. The summed E-state index contributed by atoms with van der Waals surface area (Å²) in [4.78, 5) is 19.6. The minimum Gasteiger partial charge on any atom is -0.443 e. The van der Waals surface area contributed by atoms with Crippen molar-refractivity contribution in [2.45, 2.75) is 51.6 Å². The van der Waals surface area contributed by atoms with Crippen molar-refractivity contribution >= 4 is 5.91 Å². The topological polar surface area (TPSA) is 64.2 Å². The van der Waals surface area contributed by atoms with Crippen LogP contribution in [0.25, 0.3) is 0 Å². The number of carbonyl (C=O) groups is 1. The van der Waals surface area contributed by atoms with Gasteiger partial charge in [0.05, 0.1) is 6.20 Å². The summed E-state index contributed by atoms with van der Waals surface area (Å²) in [5.41, 5.74) is 1.41. The first-order chi connectivity index (χ1) is 14.0. The first-order valence-electron chi connectivity index (χ1n) is 10.1. The van der Waals surface area contributed by atoms with Crippen molar-refractivity contribution in [3.63, 3.8) is 0 Å². The first-order valence-corrected chi connectivity index (χ1v) is 10.1. The molecular formula is C22H25FN4O2. The van der Waals surface area contributed by atoms with Gasteiger partial charge >= 0.3 is 0 Å². The van der Waals surface area contributed by atoms with Crippen LogP contribution in [0.5, 0.6) is 0 Å². The number of aromatic nitrogens is 3. The number of hydrogen-bond acceptors (Lipinski definition) is 4. The Hall–Kier alpha value is -2.96. The number of carbonyl (C=O) groups excluding carboxylic acids is 1. The molecule has 1 amide bonds. The molecule has 1 saturated heterocycles. The summed E-state index contributed by atoms with van der Waals surface area (Å²) in [5, 5.41) is 4.29. The molecule has 3 aromatic rings. The summed E-state index contributed by atoms with van der Waals surface area (Å²) in [5.74, 6) is 0.884. The molecule has 1 aromatic carbocycles. The van der Waals surface area contributed by atoms with Crippen molar-refractivity contribution in [1.82, 2.24) is 19.7 Å². The Morgan fingerprint density at radius 2 is 2.17 bits per heavy atom. The number of halogens is 1. The minimum atomic E-state index is -0.270. The maximum absolute atomic E-state index is 13.4. The van der Waals surface area contributed by atoms with Crippen molar-refractivity contribution in [2.75, 3.05) is 6.54 Å². The summed E-state index contributed by atoms with van der Waals surface area (Å²) < 4.78 is 21.2. The third kappa shape index (κ3) is 4.09. The smallest absolute Gasteiger partial charge is 0.272 e. The molecule has 6 nitrogen and oxygen atoms in total. The quantitative estimate of drug-likeness (QED) is 0.635. The number of nitrogens with zero attached hydrogens (tertiary/aromatic N) is 4. The summed E-state index contributed by atoms with van der Waals surface area (Å²) in [6.45, 7) is 4.67. The molecule has 29 heavy (non-hydrogen) atoms. The highest BCUT2D eigenvalue weighted by molar-refractivity contribution is 5.92. The van der Waals surface area contributed by atoms with E-state index in [0.717, 1.165) is 24.8 Å². The van der Waals surface area contributed by atoms with Gasteiger partial charge in [0.2, 0.25) is 5.89 Å². The van der Waals surface area contributed by atoms with Gasteiger partial charge in [-0.1, -0.05) is 12.1 Å². The summed E-state index contributed by atoms with van der Waals surface area (Å²) in [6.07, 6.45) is 6.58. The molecule has 3 heterocycles. The van der Waals surface area contributed by atoms with Crippen LogP contribution >= 0.6 is 0 Å². The van der Waals surface area contributed by atoms with Gasteiger partial charge in [-0.2, -0.15) is 5.10 Å². The van der Waals surface area contributed by atoms with E-state index in [4.69, 9.17) is 4.42 Å². The average Bonchev–Trinajstić information content (AvgIpc) is 3.37. The standard InChI is InChI=1S/C22H25FN4O2/c1-15(2)27-20(9-10-25-27)22(28)26-11-4-3-8-19(26)21-24-14-18(29-21)13-16-6-5-7-17(23)12-16/h5-7,9-10,12,14-15,19H,3-4,8,11,13H2,1-2H3. The molecule has 1 fully saturated rings. The molecule has 1 aliphatic rings. The number of piperidine rings is 1. The average molecular weight is 396 g/mol. The zero-order valence-electron chi connectivity index (χ0n) is 16.7. The SMILES string of the molecule is CC(C)n1nccc1C(=O)N1CCCCC1c1ncc(Cc2cccc(F)c2)o1. The van der Waals surface area contributed by atoms with Gasteiger partial charge in [0.15, 0.2) is 0 Å². The molecule has 0 N–H and O–H groups in total. The van der Waals surface area contributed by atoms with Crippen LogP contribution in [0, 0.1) is 5.82 Å². The number of oxazole rings is 1. The highest BCUT2D eigenvalue weighted by atomic mass is 19.1. The van der Waals surface area contributed by atoms with Gasteiger partial charge in [-0.3, -0.25) is 9.48 Å². The van der Waals surface area contributed by atoms with E-state index in [2.05, 4.69) is 10.1 Å². The summed E-state index contributed by atoms with van der Waals surface area (Å²) >= 11 is 0. The number of hydrogen-bond donors (Lipinski definition) is 0. The van der Waals surface area contributed by atoms with Crippen LogP contribution in [0.4, 0.5) is 4.39 Å². The Morgan fingerprint density at radius 1 is 1.31 bits per heavy atom. The molecule has 1 aliphatic heterocycles. The molecule has 1 atom stereocenters. The summed E-state index contributed by atoms with van der Waals surface area (Å²) in [6, 6.07) is 8.11. The monoisotopic (exact) mass is 396 g/mol. The van der Waals surface area contributed by atoms with Crippen LogP contribution in [0.15, 0.2) is 47.1 Å². The van der Waals surface area contributed by atoms with Crippen LogP contribution in [0.2, 0.25) is 0 Å². The van der Waals surface area contributed by atoms with Crippen molar-refractivity contribution in [1.29, 1.82) is 0 Å². The molecule has 0 radical (unpaired) electrons. The lowest BCUT2D eigenvalue weighted by molar-refractivity contribution is 0.0555. The normalized spacial score (nSPS) is 17.1. The van der Waals surface area contributed by atoms with Crippen molar-refractivity contribution in [2.24, 2.45) is 0 Å². The van der Waals surface area contributed by atoms with Crippen LogP contribution in [0.1, 0.15) is 72.9 Å². The van der Waals surface area contributed by atoms with E-state index < -0.39 is 0 Å². The van der Waals surface area contributed by atoms with Crippen molar-refractivity contribution < 1.29 is 13.6 Å². The molecule has 1 unspecified atom stereocenters. The highest BCUT2D eigenvalue weighted by Gasteiger charge is 2.33. The second-order valence-electron chi connectivity index (χ2n) is 7.74. The molecule has 7 heteroatoms. The van der Waals surface area contributed by atoms with E-state index in [1.807, 2.05) is 24.8 Å². The van der Waals surface area contributed by atoms with E-state index in [1.54, 1.807) is 29.2 Å². The number of benzene rings is 1. The van der Waals surface area contributed by atoms with Crippen molar-refractivity contribution in [3.8, 4) is 0 Å². The number of rotatable bonds is 5. The Bertz CT molecular complexity index is 994. The molecule has 0 spiro atoms. The van der Waals surface area contributed by atoms with Gasteiger partial charge in [-0.25, -0.2) is 9.37 Å². The Kier molecular flexibility index (Phi) is 5.47. The maximum atomic E-state index is 13.4. The lowest BCUT2D eigenvalue weighted by Gasteiger charge is -2.34. The molecule has 0 saturated carbocycles. The van der Waals surface area contributed by atoms with Crippen LogP contribution in [-0.4, -0.2) is 32.1 Å². The van der Waals surface area contributed by atoms with Gasteiger partial charge in [-0.05, 0) is 56.9 Å². The van der Waals surface area contributed by atoms with Crippen LogP contribution in [0.3, 0.4) is 0 Å². The van der Waals surface area contributed by atoms with Crippen LogP contribution in [-0.2, 0) is 6.42 Å². The Labute approximate surface area is 169 Å². The fourth-order valence-electron chi connectivity index (χ4n) is 3.88. The third-order valence-corrected chi connectivity index (χ3v) is 5.27. The van der Waals surface area contributed by atoms with Gasteiger partial charge < -0.3 is 9.32 Å². The Morgan fingerprint density at radius 3 is 2.97 bits per heavy atom. The van der Waals surface area contributed by atoms with Crippen LogP contribution < -0.4 is 0 Å². The largest absolute Gasteiger partial charge is 0.443 e. The molecule has 152 valence electrons. The van der Waals surface area contributed by atoms with Gasteiger partial charge in [0.25, 0.3) is 5.91 Å². The maximum Gasteiger partial charge on any atom is 0.272 e. The zero-order chi connectivity index (χ0) is 20.4. The number of amides is 1. The number of likely N-dealkylation sites (tertiary alicyclic amines) is 1. The predicted octanol–water partition coefficient (Wildman–Crippen LogP) is 4.55. The van der Waals surface area contributed by atoms with Crippen molar-refractivity contribution in [3.05, 3.63) is 71.5 Å². The van der Waals surface area contributed by atoms with E-state index >= 15 is 0 Å². The molecule has 0 bridgehead atoms. The Balaban J connectivity index is 1.56. The third-order valence-electron chi connectivity index (χ3n) is 5.27. The molecule has 2 aromatic heterocycles. The van der Waals surface area contributed by atoms with Gasteiger partial charge in [0, 0.05) is 25.2 Å². The zero-order valence-corrected chi connectivity index (χ0v) is 16.7. The van der Waals surface area contributed by atoms with Gasteiger partial charge in [-0.15, -0.1) is 0 Å². The highest BCUT2D eigenvalue weighted by Crippen LogP contribution is 2.32. The van der Waals surface area contributed by atoms with Gasteiger partial charge in [0.1, 0.15) is 23.3 Å². The van der Waals surface area contributed by atoms with E-state index in [9.17, 15) is 9.18 Å². The van der Waals surface area contributed by atoms with E-state index in [1.165, 1.54) is 12.1 Å². The predicted molar refractivity (Wildman–Crippen MR) is 106 cm³/mol. The molecule has 4 rings (SSSR count). The lowest BCUT2D eigenvalue weighted by Crippen LogP contribution is -2.39. The second kappa shape index (κ2) is 8.19. The lowest BCUT2D eigenvalue weighted by atomic mass is 10.0. The molecular weight excluding hydrogens is 371 g/mol.